The van der Waals surface area contributed by atoms with Crippen LogP contribution in [0.5, 0.6) is 0 Å². The number of rotatable bonds is 6. The zero-order chi connectivity index (χ0) is 16.8. The summed E-state index contributed by atoms with van der Waals surface area (Å²) < 4.78 is 0. The van der Waals surface area contributed by atoms with Crippen molar-refractivity contribution in [2.45, 2.75) is 33.6 Å². The lowest BCUT2D eigenvalue weighted by atomic mass is 10.2. The predicted molar refractivity (Wildman–Crippen MR) is 93.0 cm³/mol. The second kappa shape index (κ2) is 8.24. The molecule has 2 heterocycles. The predicted octanol–water partition coefficient (Wildman–Crippen LogP) is 1.80. The molecule has 0 aliphatic carbocycles. The average Bonchev–Trinajstić information content (AvgIpc) is 2.58. The monoisotopic (exact) mass is 319 g/mol. The molecule has 0 saturated carbocycles. The zero-order valence-electron chi connectivity index (χ0n) is 14.9. The first-order chi connectivity index (χ1) is 11.0. The molecule has 0 bridgehead atoms. The van der Waals surface area contributed by atoms with Crippen LogP contribution in [0.3, 0.4) is 0 Å². The van der Waals surface area contributed by atoms with E-state index in [4.69, 9.17) is 0 Å². The molecule has 1 amide bonds. The van der Waals surface area contributed by atoms with Crippen molar-refractivity contribution >= 4 is 11.7 Å². The minimum Gasteiger partial charge on any atom is -0.354 e. The van der Waals surface area contributed by atoms with Gasteiger partial charge in [-0.2, -0.15) is 0 Å². The summed E-state index contributed by atoms with van der Waals surface area (Å²) in [5, 5.41) is 0. The van der Waals surface area contributed by atoms with Gasteiger partial charge in [0.05, 0.1) is 0 Å². The molecule has 0 atom stereocenters. The van der Waals surface area contributed by atoms with Gasteiger partial charge in [0.25, 0.3) is 5.91 Å². The molecule has 1 fully saturated rings. The molecule has 6 heteroatoms. The Morgan fingerprint density at radius 2 is 1.91 bits per heavy atom. The third kappa shape index (κ3) is 4.64. The van der Waals surface area contributed by atoms with Crippen LogP contribution >= 0.6 is 0 Å². The third-order valence-corrected chi connectivity index (χ3v) is 4.38. The molecule has 0 N–H and O–H groups in total. The van der Waals surface area contributed by atoms with Gasteiger partial charge in [-0.05, 0) is 19.9 Å². The number of piperazine rings is 1. The van der Waals surface area contributed by atoms with Crippen LogP contribution in [-0.2, 0) is 0 Å². The minimum absolute atomic E-state index is 0.0163. The maximum Gasteiger partial charge on any atom is 0.272 e. The lowest BCUT2D eigenvalue weighted by Crippen LogP contribution is -2.46. The van der Waals surface area contributed by atoms with Crippen molar-refractivity contribution in [1.29, 1.82) is 0 Å². The Bertz CT molecular complexity index is 526. The number of aryl methyl sites for hydroxylation is 1. The van der Waals surface area contributed by atoms with Crippen LogP contribution in [0.25, 0.3) is 0 Å². The van der Waals surface area contributed by atoms with Crippen molar-refractivity contribution in [1.82, 2.24) is 19.8 Å². The highest BCUT2D eigenvalue weighted by Gasteiger charge is 2.20. The van der Waals surface area contributed by atoms with E-state index in [9.17, 15) is 4.79 Å². The molecule has 1 aliphatic rings. The largest absolute Gasteiger partial charge is 0.354 e. The molecule has 6 nitrogen and oxygen atoms in total. The number of anilines is 1. The van der Waals surface area contributed by atoms with Crippen molar-refractivity contribution in [2.75, 3.05) is 51.2 Å². The quantitative estimate of drug-likeness (QED) is 0.800. The zero-order valence-corrected chi connectivity index (χ0v) is 14.9. The number of carbonyl (C=O) groups is 1. The second-order valence-electron chi connectivity index (χ2n) is 6.16. The molecule has 23 heavy (non-hydrogen) atoms. The van der Waals surface area contributed by atoms with Gasteiger partial charge in [0.15, 0.2) is 0 Å². The number of unbranched alkanes of at least 4 members (excludes halogenated alkanes) is 1. The van der Waals surface area contributed by atoms with Crippen LogP contribution in [-0.4, -0.2) is 72.0 Å². The van der Waals surface area contributed by atoms with Gasteiger partial charge >= 0.3 is 0 Å². The number of hydrogen-bond acceptors (Lipinski definition) is 5. The Kier molecular flexibility index (Phi) is 6.33. The van der Waals surface area contributed by atoms with Crippen LogP contribution in [0.2, 0.25) is 0 Å². The fourth-order valence-electron chi connectivity index (χ4n) is 2.81. The number of likely N-dealkylation sites (N-methyl/N-ethyl adjacent to an activating group) is 1. The van der Waals surface area contributed by atoms with Crippen molar-refractivity contribution in [2.24, 2.45) is 0 Å². The van der Waals surface area contributed by atoms with Crippen LogP contribution < -0.4 is 4.90 Å². The van der Waals surface area contributed by atoms with Crippen LogP contribution in [0, 0.1) is 6.92 Å². The third-order valence-electron chi connectivity index (χ3n) is 4.38. The van der Waals surface area contributed by atoms with Gasteiger partial charge in [0, 0.05) is 45.8 Å². The van der Waals surface area contributed by atoms with Crippen molar-refractivity contribution < 1.29 is 4.79 Å². The Balaban J connectivity index is 2.11. The molecule has 2 rings (SSSR count). The van der Waals surface area contributed by atoms with Gasteiger partial charge in [-0.1, -0.05) is 20.3 Å². The minimum atomic E-state index is -0.0163. The first kappa shape index (κ1) is 17.7. The highest BCUT2D eigenvalue weighted by molar-refractivity contribution is 5.92. The van der Waals surface area contributed by atoms with Gasteiger partial charge in [-0.3, -0.25) is 4.79 Å². The molecule has 0 unspecified atom stereocenters. The lowest BCUT2D eigenvalue weighted by Gasteiger charge is -2.35. The van der Waals surface area contributed by atoms with E-state index in [-0.39, 0.29) is 5.91 Å². The van der Waals surface area contributed by atoms with E-state index in [1.807, 2.05) is 20.0 Å². The summed E-state index contributed by atoms with van der Waals surface area (Å²) in [6, 6.07) is 1.85. The van der Waals surface area contributed by atoms with Crippen LogP contribution in [0.15, 0.2) is 6.07 Å². The lowest BCUT2D eigenvalue weighted by molar-refractivity contribution is 0.0787. The normalized spacial score (nSPS) is 15.7. The maximum atomic E-state index is 12.5. The Hall–Kier alpha value is -1.69. The van der Waals surface area contributed by atoms with E-state index < -0.39 is 0 Å². The first-order valence-electron chi connectivity index (χ1n) is 8.63. The maximum absolute atomic E-state index is 12.5. The first-order valence-corrected chi connectivity index (χ1v) is 8.63. The molecule has 1 aliphatic heterocycles. The number of amides is 1. The molecule has 128 valence electrons. The van der Waals surface area contributed by atoms with E-state index in [2.05, 4.69) is 33.6 Å². The van der Waals surface area contributed by atoms with Crippen LogP contribution in [0.1, 0.15) is 43.0 Å². The van der Waals surface area contributed by atoms with Crippen molar-refractivity contribution in [3.63, 3.8) is 0 Å². The van der Waals surface area contributed by atoms with E-state index >= 15 is 0 Å². The number of aromatic nitrogens is 2. The fourth-order valence-corrected chi connectivity index (χ4v) is 2.81. The SMILES string of the molecule is CCCCN(C)C(=O)c1cc(N2CCN(CC)CC2)nc(C)n1. The highest BCUT2D eigenvalue weighted by Crippen LogP contribution is 2.16. The summed E-state index contributed by atoms with van der Waals surface area (Å²) >= 11 is 0. The van der Waals surface area contributed by atoms with Crippen LogP contribution in [0.4, 0.5) is 5.82 Å². The molecule has 0 aromatic carbocycles. The standard InChI is InChI=1S/C17H29N5O/c1-5-7-8-20(4)17(23)15-13-16(19-14(3)18-15)22-11-9-21(6-2)10-12-22/h13H,5-12H2,1-4H3. The molecule has 1 aromatic heterocycles. The molecular weight excluding hydrogens is 290 g/mol. The Labute approximate surface area is 139 Å². The summed E-state index contributed by atoms with van der Waals surface area (Å²) in [5.41, 5.74) is 0.504. The Morgan fingerprint density at radius 1 is 1.22 bits per heavy atom. The Morgan fingerprint density at radius 3 is 2.52 bits per heavy atom. The summed E-state index contributed by atoms with van der Waals surface area (Å²) in [7, 11) is 1.84. The highest BCUT2D eigenvalue weighted by atomic mass is 16.2. The van der Waals surface area contributed by atoms with Crippen molar-refractivity contribution in [3.05, 3.63) is 17.6 Å². The average molecular weight is 319 g/mol. The molecular formula is C17H29N5O. The van der Waals surface area contributed by atoms with Gasteiger partial charge in [0.2, 0.25) is 0 Å². The molecule has 1 saturated heterocycles. The summed E-state index contributed by atoms with van der Waals surface area (Å²) in [5.74, 6) is 1.52. The van der Waals surface area contributed by atoms with E-state index in [1.54, 1.807) is 4.90 Å². The second-order valence-corrected chi connectivity index (χ2v) is 6.16. The summed E-state index contributed by atoms with van der Waals surface area (Å²) in [4.78, 5) is 27.9. The van der Waals surface area contributed by atoms with Gasteiger partial charge in [-0.25, -0.2) is 9.97 Å². The molecule has 0 spiro atoms. The van der Waals surface area contributed by atoms with E-state index in [0.29, 0.717) is 11.5 Å². The molecule has 0 radical (unpaired) electrons. The molecule has 1 aromatic rings. The van der Waals surface area contributed by atoms with E-state index in [1.165, 1.54) is 0 Å². The summed E-state index contributed by atoms with van der Waals surface area (Å²) in [6.45, 7) is 12.0. The van der Waals surface area contributed by atoms with Gasteiger partial charge < -0.3 is 14.7 Å². The van der Waals surface area contributed by atoms with E-state index in [0.717, 1.165) is 57.9 Å². The van der Waals surface area contributed by atoms with Gasteiger partial charge in [0.1, 0.15) is 17.3 Å². The number of hydrogen-bond donors (Lipinski definition) is 0. The van der Waals surface area contributed by atoms with Crippen molar-refractivity contribution in [3.8, 4) is 0 Å². The number of nitrogens with zero attached hydrogens (tertiary/aromatic N) is 5. The summed E-state index contributed by atoms with van der Waals surface area (Å²) in [6.07, 6.45) is 2.09. The fraction of sp³-hybridized carbons (Fsp3) is 0.706. The van der Waals surface area contributed by atoms with Gasteiger partial charge in [-0.15, -0.1) is 0 Å². The smallest absolute Gasteiger partial charge is 0.272 e. The number of carbonyl (C=O) groups excluding carboxylic acids is 1. The topological polar surface area (TPSA) is 52.6 Å².